The second kappa shape index (κ2) is 10.1. The van der Waals surface area contributed by atoms with Crippen LogP contribution in [0.2, 0.25) is 5.02 Å². The van der Waals surface area contributed by atoms with Crippen LogP contribution >= 0.6 is 11.6 Å². The van der Waals surface area contributed by atoms with Crippen LogP contribution in [0.15, 0.2) is 59.5 Å². The van der Waals surface area contributed by atoms with Gasteiger partial charge in [-0.2, -0.15) is 4.31 Å². The number of nitrogens with zero attached hydrogens (tertiary/aromatic N) is 1. The van der Waals surface area contributed by atoms with Crippen LogP contribution in [0.1, 0.15) is 33.4 Å². The van der Waals surface area contributed by atoms with Crippen molar-refractivity contribution < 1.29 is 13.2 Å². The van der Waals surface area contributed by atoms with Crippen molar-refractivity contribution in [3.63, 3.8) is 0 Å². The van der Waals surface area contributed by atoms with Gasteiger partial charge in [-0.15, -0.1) is 0 Å². The fourth-order valence-electron chi connectivity index (χ4n) is 3.90. The van der Waals surface area contributed by atoms with Gasteiger partial charge >= 0.3 is 0 Å². The number of rotatable bonds is 7. The van der Waals surface area contributed by atoms with Crippen LogP contribution in [-0.4, -0.2) is 25.2 Å². The van der Waals surface area contributed by atoms with E-state index in [-0.39, 0.29) is 18.0 Å². The predicted molar refractivity (Wildman–Crippen MR) is 134 cm³/mol. The van der Waals surface area contributed by atoms with Gasteiger partial charge in [-0.3, -0.25) is 4.79 Å². The molecular weight excluding hydrogens is 456 g/mol. The van der Waals surface area contributed by atoms with Gasteiger partial charge in [0.05, 0.1) is 11.4 Å². The number of carbonyl (C=O) groups excluding carboxylic acids is 1. The van der Waals surface area contributed by atoms with E-state index in [2.05, 4.69) is 5.32 Å². The van der Waals surface area contributed by atoms with E-state index in [1.165, 1.54) is 4.31 Å². The third kappa shape index (κ3) is 6.02. The molecule has 0 fully saturated rings. The average molecular weight is 485 g/mol. The summed E-state index contributed by atoms with van der Waals surface area (Å²) in [5, 5.41) is 3.30. The second-order valence-electron chi connectivity index (χ2n) is 8.49. The summed E-state index contributed by atoms with van der Waals surface area (Å²) in [6.45, 7) is 9.08. The Bertz CT molecular complexity index is 1260. The van der Waals surface area contributed by atoms with Crippen LogP contribution in [0.25, 0.3) is 0 Å². The Hall–Kier alpha value is -2.67. The van der Waals surface area contributed by atoms with E-state index in [1.54, 1.807) is 32.0 Å². The summed E-state index contributed by atoms with van der Waals surface area (Å²) in [6.07, 6.45) is 0. The van der Waals surface area contributed by atoms with Crippen LogP contribution < -0.4 is 5.32 Å². The van der Waals surface area contributed by atoms with E-state index >= 15 is 0 Å². The summed E-state index contributed by atoms with van der Waals surface area (Å²) in [5.74, 6) is -0.432. The molecule has 1 N–H and O–H groups in total. The first-order valence-electron chi connectivity index (χ1n) is 10.7. The molecule has 0 radical (unpaired) electrons. The van der Waals surface area contributed by atoms with Gasteiger partial charge in [0, 0.05) is 17.3 Å². The zero-order valence-corrected chi connectivity index (χ0v) is 21.1. The van der Waals surface area contributed by atoms with E-state index in [0.717, 1.165) is 22.3 Å². The van der Waals surface area contributed by atoms with Gasteiger partial charge in [0.1, 0.15) is 0 Å². The lowest BCUT2D eigenvalue weighted by Gasteiger charge is -2.24. The zero-order chi connectivity index (χ0) is 24.3. The predicted octanol–water partition coefficient (Wildman–Crippen LogP) is 5.71. The number of amides is 1. The summed E-state index contributed by atoms with van der Waals surface area (Å²) in [7, 11) is -3.95. The summed E-state index contributed by atoms with van der Waals surface area (Å²) in [6, 6.07) is 16.5. The summed E-state index contributed by atoms with van der Waals surface area (Å²) < 4.78 is 28.8. The van der Waals surface area contributed by atoms with Crippen molar-refractivity contribution in [3.05, 3.63) is 93.0 Å². The third-order valence-electron chi connectivity index (χ3n) is 5.48. The number of hydrogen-bond donors (Lipinski definition) is 1. The molecule has 0 heterocycles. The SMILES string of the molecule is Cc1ccc(CN(CC(=O)Nc2cc(Cl)ccc2C)S(=O)(=O)c2c(C)cc(C)cc2C)cc1. The van der Waals surface area contributed by atoms with Crippen molar-refractivity contribution in [2.75, 3.05) is 11.9 Å². The van der Waals surface area contributed by atoms with E-state index in [1.807, 2.05) is 57.2 Å². The van der Waals surface area contributed by atoms with Gasteiger partial charge in [0.25, 0.3) is 0 Å². The zero-order valence-electron chi connectivity index (χ0n) is 19.6. The lowest BCUT2D eigenvalue weighted by Crippen LogP contribution is -2.38. The molecule has 0 aromatic heterocycles. The molecule has 3 aromatic rings. The Morgan fingerprint density at radius 2 is 1.45 bits per heavy atom. The lowest BCUT2D eigenvalue weighted by molar-refractivity contribution is -0.116. The molecule has 3 aromatic carbocycles. The first kappa shape index (κ1) is 25.0. The van der Waals surface area contributed by atoms with E-state index in [9.17, 15) is 13.2 Å². The maximum atomic E-state index is 13.8. The molecule has 0 spiro atoms. The minimum absolute atomic E-state index is 0.0807. The molecule has 0 aliphatic carbocycles. The fourth-order valence-corrected chi connectivity index (χ4v) is 5.87. The smallest absolute Gasteiger partial charge is 0.244 e. The molecule has 33 heavy (non-hydrogen) atoms. The van der Waals surface area contributed by atoms with Crippen LogP contribution in [-0.2, 0) is 21.4 Å². The van der Waals surface area contributed by atoms with Gasteiger partial charge in [-0.25, -0.2) is 8.42 Å². The molecule has 5 nitrogen and oxygen atoms in total. The van der Waals surface area contributed by atoms with Crippen molar-refractivity contribution in [1.82, 2.24) is 4.31 Å². The number of aryl methyl sites for hydroxylation is 5. The van der Waals surface area contributed by atoms with Crippen molar-refractivity contribution in [3.8, 4) is 0 Å². The number of anilines is 1. The topological polar surface area (TPSA) is 66.5 Å². The molecule has 1 amide bonds. The normalized spacial score (nSPS) is 11.6. The number of benzene rings is 3. The number of carbonyl (C=O) groups is 1. The van der Waals surface area contributed by atoms with E-state index in [0.29, 0.717) is 21.8 Å². The largest absolute Gasteiger partial charge is 0.325 e. The summed E-state index contributed by atoms with van der Waals surface area (Å²) in [5.41, 5.74) is 5.59. The van der Waals surface area contributed by atoms with E-state index < -0.39 is 15.9 Å². The molecule has 0 atom stereocenters. The first-order chi connectivity index (χ1) is 15.5. The van der Waals surface area contributed by atoms with Gasteiger partial charge in [0.15, 0.2) is 0 Å². The minimum Gasteiger partial charge on any atom is -0.325 e. The number of hydrogen-bond acceptors (Lipinski definition) is 3. The molecule has 0 aliphatic heterocycles. The van der Waals surface area contributed by atoms with E-state index in [4.69, 9.17) is 11.6 Å². The molecule has 174 valence electrons. The highest BCUT2D eigenvalue weighted by molar-refractivity contribution is 7.89. The molecule has 3 rings (SSSR count). The quantitative estimate of drug-likeness (QED) is 0.467. The van der Waals surface area contributed by atoms with Crippen molar-refractivity contribution in [2.45, 2.75) is 46.1 Å². The molecule has 0 bridgehead atoms. The fraction of sp³-hybridized carbons (Fsp3) is 0.269. The van der Waals surface area contributed by atoms with Gasteiger partial charge in [-0.05, 0) is 69.0 Å². The maximum Gasteiger partial charge on any atom is 0.244 e. The van der Waals surface area contributed by atoms with Crippen molar-refractivity contribution in [1.29, 1.82) is 0 Å². The van der Waals surface area contributed by atoms with Crippen molar-refractivity contribution in [2.24, 2.45) is 0 Å². The molecule has 0 aliphatic rings. The molecule has 0 saturated carbocycles. The number of halogens is 1. The second-order valence-corrected chi connectivity index (χ2v) is 10.8. The molecule has 0 saturated heterocycles. The Morgan fingerprint density at radius 1 is 0.848 bits per heavy atom. The Kier molecular flexibility index (Phi) is 7.62. The van der Waals surface area contributed by atoms with Gasteiger partial charge < -0.3 is 5.32 Å². The third-order valence-corrected chi connectivity index (χ3v) is 7.81. The lowest BCUT2D eigenvalue weighted by atomic mass is 10.1. The van der Waals surface area contributed by atoms with Crippen LogP contribution in [0, 0.1) is 34.6 Å². The highest BCUT2D eigenvalue weighted by atomic mass is 35.5. The van der Waals surface area contributed by atoms with Gasteiger partial charge in [-0.1, -0.05) is 65.2 Å². The number of nitrogens with one attached hydrogen (secondary N) is 1. The molecule has 7 heteroatoms. The Balaban J connectivity index is 1.98. The Labute approximate surface area is 201 Å². The van der Waals surface area contributed by atoms with Crippen LogP contribution in [0.5, 0.6) is 0 Å². The number of sulfonamides is 1. The first-order valence-corrected chi connectivity index (χ1v) is 12.5. The summed E-state index contributed by atoms with van der Waals surface area (Å²) >= 11 is 6.07. The van der Waals surface area contributed by atoms with Crippen LogP contribution in [0.3, 0.4) is 0 Å². The summed E-state index contributed by atoms with van der Waals surface area (Å²) in [4.78, 5) is 13.2. The standard InChI is InChI=1S/C26H29ClN2O3S/c1-17-6-9-22(10-7-17)15-29(16-25(30)28-24-14-23(27)11-8-19(24)3)33(31,32)26-20(4)12-18(2)13-21(26)5/h6-14H,15-16H2,1-5H3,(H,28,30). The van der Waals surface area contributed by atoms with Crippen LogP contribution in [0.4, 0.5) is 5.69 Å². The molecule has 0 unspecified atom stereocenters. The Morgan fingerprint density at radius 3 is 2.06 bits per heavy atom. The average Bonchev–Trinajstić information content (AvgIpc) is 2.71. The highest BCUT2D eigenvalue weighted by Crippen LogP contribution is 2.27. The molecular formula is C26H29ClN2O3S. The highest BCUT2D eigenvalue weighted by Gasteiger charge is 2.30. The maximum absolute atomic E-state index is 13.8. The van der Waals surface area contributed by atoms with Crippen molar-refractivity contribution >= 4 is 33.2 Å². The minimum atomic E-state index is -3.95. The van der Waals surface area contributed by atoms with Gasteiger partial charge in [0.2, 0.25) is 15.9 Å². The monoisotopic (exact) mass is 484 g/mol.